The van der Waals surface area contributed by atoms with E-state index in [4.69, 9.17) is 5.73 Å². The van der Waals surface area contributed by atoms with Crippen LogP contribution in [0.2, 0.25) is 0 Å². The Morgan fingerprint density at radius 2 is 1.77 bits per heavy atom. The lowest BCUT2D eigenvalue weighted by Crippen LogP contribution is -2.52. The third-order valence-electron chi connectivity index (χ3n) is 5.40. The topological polar surface area (TPSA) is 113 Å². The number of hydrogen-bond acceptors (Lipinski definition) is 4. The fraction of sp³-hybridized carbons (Fsp3) is 0.542. The zero-order valence-corrected chi connectivity index (χ0v) is 19.0. The van der Waals surface area contributed by atoms with E-state index in [-0.39, 0.29) is 23.7 Å². The molecule has 31 heavy (non-hydrogen) atoms. The first-order valence-electron chi connectivity index (χ1n) is 11.1. The first kappa shape index (κ1) is 24.6. The maximum Gasteiger partial charge on any atom is 0.312 e. The van der Waals surface area contributed by atoms with Crippen LogP contribution in [0.25, 0.3) is 5.57 Å². The number of hydrogen-bond donors (Lipinski definition) is 4. The Hall–Kier alpha value is -2.67. The van der Waals surface area contributed by atoms with Crippen LogP contribution in [0.15, 0.2) is 30.3 Å². The second-order valence-electron chi connectivity index (χ2n) is 8.72. The van der Waals surface area contributed by atoms with Crippen molar-refractivity contribution < 1.29 is 14.4 Å². The van der Waals surface area contributed by atoms with Crippen LogP contribution in [-0.4, -0.2) is 42.4 Å². The average Bonchev–Trinajstić information content (AvgIpc) is 3.11. The van der Waals surface area contributed by atoms with Crippen molar-refractivity contribution in [2.45, 2.75) is 71.5 Å². The van der Waals surface area contributed by atoms with Crippen LogP contribution in [0, 0.1) is 5.92 Å². The molecule has 0 fully saturated rings. The van der Waals surface area contributed by atoms with Crippen LogP contribution < -0.4 is 21.7 Å². The molecular weight excluding hydrogens is 392 g/mol. The molecule has 1 aromatic carbocycles. The Morgan fingerprint density at radius 1 is 1.06 bits per heavy atom. The van der Waals surface area contributed by atoms with Gasteiger partial charge in [-0.25, -0.2) is 4.79 Å². The summed E-state index contributed by atoms with van der Waals surface area (Å²) < 4.78 is 0. The summed E-state index contributed by atoms with van der Waals surface area (Å²) in [5.41, 5.74) is 8.62. The number of carbonyl (C=O) groups excluding carboxylic acids is 3. The number of benzene rings is 1. The molecule has 0 aliphatic heterocycles. The van der Waals surface area contributed by atoms with Crippen molar-refractivity contribution in [2.24, 2.45) is 11.7 Å². The third kappa shape index (κ3) is 7.51. The van der Waals surface area contributed by atoms with Crippen LogP contribution >= 0.6 is 0 Å². The van der Waals surface area contributed by atoms with E-state index in [1.54, 1.807) is 0 Å². The molecule has 0 bridgehead atoms. The van der Waals surface area contributed by atoms with E-state index in [0.717, 1.165) is 17.6 Å². The second kappa shape index (κ2) is 11.6. The van der Waals surface area contributed by atoms with E-state index in [9.17, 15) is 14.4 Å². The molecule has 1 aromatic rings. The monoisotopic (exact) mass is 428 g/mol. The van der Waals surface area contributed by atoms with Crippen LogP contribution in [0.3, 0.4) is 0 Å². The van der Waals surface area contributed by atoms with Crippen molar-refractivity contribution in [3.8, 4) is 0 Å². The van der Waals surface area contributed by atoms with E-state index in [1.807, 2.05) is 39.8 Å². The molecule has 1 aliphatic rings. The van der Waals surface area contributed by atoms with Gasteiger partial charge in [-0.15, -0.1) is 0 Å². The normalized spacial score (nSPS) is 14.7. The lowest BCUT2D eigenvalue weighted by Gasteiger charge is -2.26. The maximum absolute atomic E-state index is 13.1. The molecule has 0 saturated heterocycles. The van der Waals surface area contributed by atoms with Crippen molar-refractivity contribution in [3.05, 3.63) is 41.5 Å². The standard InChI is InChI=1S/C24H36N4O3/c1-15(2)22(29)21(14-18-12-11-17-8-5-6-9-19(17)18)28-23(30)20(27-16(3)4)10-7-13-26-24(25)31/h5-6,8-9,12,15-16,20-21,27H,7,10-11,13-14H2,1-4H3,(H,28,30)(H3,25,26,31)/t20-,21-/m0/s1. The van der Waals surface area contributed by atoms with Gasteiger partial charge < -0.3 is 21.7 Å². The Balaban J connectivity index is 2.09. The van der Waals surface area contributed by atoms with E-state index in [2.05, 4.69) is 34.2 Å². The molecule has 0 unspecified atom stereocenters. The first-order valence-corrected chi connectivity index (χ1v) is 11.1. The van der Waals surface area contributed by atoms with Crippen LogP contribution in [-0.2, 0) is 16.0 Å². The van der Waals surface area contributed by atoms with Gasteiger partial charge in [-0.1, -0.05) is 58.0 Å². The number of Topliss-reactive ketones (excluding diaryl/α,β-unsaturated/α-hetero) is 1. The van der Waals surface area contributed by atoms with Crippen LogP contribution in [0.5, 0.6) is 0 Å². The number of amides is 3. The molecule has 3 amide bonds. The third-order valence-corrected chi connectivity index (χ3v) is 5.40. The van der Waals surface area contributed by atoms with E-state index >= 15 is 0 Å². The predicted molar refractivity (Wildman–Crippen MR) is 123 cm³/mol. The molecule has 7 heteroatoms. The molecule has 0 aromatic heterocycles. The molecule has 0 radical (unpaired) electrons. The lowest BCUT2D eigenvalue weighted by atomic mass is 9.92. The van der Waals surface area contributed by atoms with Gasteiger partial charge in [-0.2, -0.15) is 0 Å². The van der Waals surface area contributed by atoms with Gasteiger partial charge in [0.2, 0.25) is 5.91 Å². The summed E-state index contributed by atoms with van der Waals surface area (Å²) in [4.78, 5) is 36.9. The van der Waals surface area contributed by atoms with E-state index in [0.29, 0.717) is 25.8 Å². The molecule has 0 heterocycles. The summed E-state index contributed by atoms with van der Waals surface area (Å²) in [5, 5.41) is 8.82. The van der Waals surface area contributed by atoms with Crippen molar-refractivity contribution in [2.75, 3.05) is 6.54 Å². The van der Waals surface area contributed by atoms with Crippen molar-refractivity contribution >= 4 is 23.3 Å². The Bertz CT molecular complexity index is 817. The van der Waals surface area contributed by atoms with Gasteiger partial charge in [0, 0.05) is 24.9 Å². The molecule has 2 atom stereocenters. The highest BCUT2D eigenvalue weighted by Gasteiger charge is 2.29. The minimum Gasteiger partial charge on any atom is -0.352 e. The first-order chi connectivity index (χ1) is 14.7. The largest absolute Gasteiger partial charge is 0.352 e. The summed E-state index contributed by atoms with van der Waals surface area (Å²) in [5.74, 6) is -0.352. The second-order valence-corrected chi connectivity index (χ2v) is 8.72. The fourth-order valence-electron chi connectivity index (χ4n) is 3.88. The van der Waals surface area contributed by atoms with Crippen molar-refractivity contribution in [3.63, 3.8) is 0 Å². The number of carbonyl (C=O) groups is 3. The number of primary amides is 1. The summed E-state index contributed by atoms with van der Waals surface area (Å²) in [7, 11) is 0. The van der Waals surface area contributed by atoms with Gasteiger partial charge in [-0.05, 0) is 36.0 Å². The lowest BCUT2D eigenvalue weighted by molar-refractivity contribution is -0.130. The molecular formula is C24H36N4O3. The smallest absolute Gasteiger partial charge is 0.312 e. The number of ketones is 1. The number of fused-ring (bicyclic) bond motifs is 1. The number of urea groups is 1. The molecule has 1 aliphatic carbocycles. The summed E-state index contributed by atoms with van der Waals surface area (Å²) in [6.45, 7) is 8.06. The minimum atomic E-state index is -0.579. The Labute approximate surface area is 185 Å². The SMILES string of the molecule is CC(C)N[C@@H](CCCNC(N)=O)C(=O)N[C@@H](CC1=CCc2ccccc21)C(=O)C(C)C. The van der Waals surface area contributed by atoms with Crippen LogP contribution in [0.1, 0.15) is 58.1 Å². The summed E-state index contributed by atoms with van der Waals surface area (Å²) in [6, 6.07) is 6.67. The van der Waals surface area contributed by atoms with Gasteiger partial charge in [0.15, 0.2) is 5.78 Å². The maximum atomic E-state index is 13.1. The molecule has 5 N–H and O–H groups in total. The van der Waals surface area contributed by atoms with Crippen molar-refractivity contribution in [1.82, 2.24) is 16.0 Å². The molecule has 7 nitrogen and oxygen atoms in total. The number of allylic oxidation sites excluding steroid dienone is 1. The molecule has 170 valence electrons. The van der Waals surface area contributed by atoms with Gasteiger partial charge in [0.25, 0.3) is 0 Å². The van der Waals surface area contributed by atoms with Gasteiger partial charge in [0.05, 0.1) is 12.1 Å². The quantitative estimate of drug-likeness (QED) is 0.383. The highest BCUT2D eigenvalue weighted by molar-refractivity contribution is 5.93. The fourth-order valence-corrected chi connectivity index (χ4v) is 3.88. The van der Waals surface area contributed by atoms with E-state index < -0.39 is 18.1 Å². The number of nitrogens with two attached hydrogens (primary N) is 1. The zero-order valence-electron chi connectivity index (χ0n) is 19.0. The van der Waals surface area contributed by atoms with Gasteiger partial charge >= 0.3 is 6.03 Å². The van der Waals surface area contributed by atoms with Crippen LogP contribution in [0.4, 0.5) is 4.79 Å². The van der Waals surface area contributed by atoms with E-state index in [1.165, 1.54) is 5.56 Å². The predicted octanol–water partition coefficient (Wildman–Crippen LogP) is 2.54. The highest BCUT2D eigenvalue weighted by atomic mass is 16.2. The minimum absolute atomic E-state index is 0.0253. The summed E-state index contributed by atoms with van der Waals surface area (Å²) >= 11 is 0. The zero-order chi connectivity index (χ0) is 23.0. The number of rotatable bonds is 12. The van der Waals surface area contributed by atoms with Crippen molar-refractivity contribution in [1.29, 1.82) is 0 Å². The van der Waals surface area contributed by atoms with Gasteiger partial charge in [0.1, 0.15) is 0 Å². The summed E-state index contributed by atoms with van der Waals surface area (Å²) in [6.07, 6.45) is 4.61. The highest BCUT2D eigenvalue weighted by Crippen LogP contribution is 2.31. The van der Waals surface area contributed by atoms with Gasteiger partial charge in [-0.3, -0.25) is 9.59 Å². The Morgan fingerprint density at radius 3 is 2.42 bits per heavy atom. The number of nitrogens with one attached hydrogen (secondary N) is 3. The molecule has 0 spiro atoms. The average molecular weight is 429 g/mol. The molecule has 2 rings (SSSR count). The Kier molecular flexibility index (Phi) is 9.24. The molecule has 0 saturated carbocycles.